The summed E-state index contributed by atoms with van der Waals surface area (Å²) in [5.41, 5.74) is 6.91. The third-order valence-corrected chi connectivity index (χ3v) is 4.28. The zero-order valence-corrected chi connectivity index (χ0v) is 13.8. The number of primary amides is 1. The van der Waals surface area contributed by atoms with E-state index in [4.69, 9.17) is 5.73 Å². The minimum absolute atomic E-state index is 0.0360. The Bertz CT molecular complexity index is 770. The molecule has 2 aromatic rings. The third kappa shape index (κ3) is 3.10. The average Bonchev–Trinajstić information content (AvgIpc) is 3.04. The van der Waals surface area contributed by atoms with Crippen LogP contribution in [0, 0.1) is 6.92 Å². The number of H-pyrrole nitrogens is 1. The van der Waals surface area contributed by atoms with Crippen LogP contribution in [-0.2, 0) is 0 Å². The van der Waals surface area contributed by atoms with Crippen molar-refractivity contribution in [1.29, 1.82) is 0 Å². The van der Waals surface area contributed by atoms with Crippen LogP contribution in [0.15, 0.2) is 30.5 Å². The van der Waals surface area contributed by atoms with Gasteiger partial charge in [0.25, 0.3) is 5.91 Å². The molecule has 3 N–H and O–H groups in total. The molecular formula is C17H21N5O2. The highest BCUT2D eigenvalue weighted by Crippen LogP contribution is 2.19. The molecule has 1 aliphatic rings. The number of pyridine rings is 1. The molecule has 7 nitrogen and oxygen atoms in total. The van der Waals surface area contributed by atoms with Gasteiger partial charge in [0.15, 0.2) is 0 Å². The zero-order chi connectivity index (χ0) is 17.3. The van der Waals surface area contributed by atoms with E-state index in [0.29, 0.717) is 24.3 Å². The van der Waals surface area contributed by atoms with Crippen LogP contribution in [0.1, 0.15) is 33.5 Å². The first-order chi connectivity index (χ1) is 11.5. The molecule has 3 rings (SSSR count). The van der Waals surface area contributed by atoms with Gasteiger partial charge in [-0.2, -0.15) is 0 Å². The maximum Gasteiger partial charge on any atom is 0.270 e. The summed E-state index contributed by atoms with van der Waals surface area (Å²) in [5, 5.41) is 0. The van der Waals surface area contributed by atoms with Gasteiger partial charge in [0.1, 0.15) is 11.5 Å². The number of nitrogens with two attached hydrogens (primary N) is 1. The number of aromatic amines is 1. The molecule has 0 aromatic carbocycles. The first-order valence-corrected chi connectivity index (χ1v) is 7.93. The average molecular weight is 327 g/mol. The lowest BCUT2D eigenvalue weighted by molar-refractivity contribution is 0.0668. The highest BCUT2D eigenvalue weighted by atomic mass is 16.2. The summed E-state index contributed by atoms with van der Waals surface area (Å²) in [4.78, 5) is 35.2. The second-order valence-corrected chi connectivity index (χ2v) is 6.10. The summed E-state index contributed by atoms with van der Waals surface area (Å²) < 4.78 is 0. The number of anilines is 1. The predicted molar refractivity (Wildman–Crippen MR) is 91.0 cm³/mol. The molecule has 3 heterocycles. The van der Waals surface area contributed by atoms with Crippen molar-refractivity contribution < 1.29 is 9.59 Å². The maximum atomic E-state index is 12.7. The van der Waals surface area contributed by atoms with Crippen molar-refractivity contribution in [2.45, 2.75) is 19.9 Å². The number of rotatable bonds is 3. The number of nitrogens with zero attached hydrogens (tertiary/aromatic N) is 3. The minimum atomic E-state index is -0.548. The second kappa shape index (κ2) is 6.35. The van der Waals surface area contributed by atoms with Crippen molar-refractivity contribution in [2.24, 2.45) is 5.73 Å². The predicted octanol–water partition coefficient (Wildman–Crippen LogP) is 1.17. The third-order valence-electron chi connectivity index (χ3n) is 4.28. The Labute approximate surface area is 140 Å². The van der Waals surface area contributed by atoms with Crippen molar-refractivity contribution >= 4 is 17.6 Å². The number of carbonyl (C=O) groups excluding carboxylic acids is 2. The molecule has 0 spiro atoms. The Morgan fingerprint density at radius 3 is 2.75 bits per heavy atom. The standard InChI is InChI=1S/C17H21N5O2/c1-11-4-3-5-15(20-11)21-6-7-22(12(2)10-21)17(24)14-8-13(9-19-14)16(18)23/h3-5,8-9,12,19H,6-7,10H2,1-2H3,(H2,18,23)/t12-/m0/s1. The van der Waals surface area contributed by atoms with E-state index in [1.54, 1.807) is 0 Å². The van der Waals surface area contributed by atoms with E-state index in [9.17, 15) is 9.59 Å². The van der Waals surface area contributed by atoms with Gasteiger partial charge < -0.3 is 20.5 Å². The van der Waals surface area contributed by atoms with Crippen LogP contribution in [0.25, 0.3) is 0 Å². The Kier molecular flexibility index (Phi) is 4.24. The second-order valence-electron chi connectivity index (χ2n) is 6.10. The Hall–Kier alpha value is -2.83. The van der Waals surface area contributed by atoms with Crippen molar-refractivity contribution in [3.05, 3.63) is 47.4 Å². The van der Waals surface area contributed by atoms with Crippen molar-refractivity contribution in [3.63, 3.8) is 0 Å². The maximum absolute atomic E-state index is 12.7. The lowest BCUT2D eigenvalue weighted by Crippen LogP contribution is -2.54. The summed E-state index contributed by atoms with van der Waals surface area (Å²) in [6, 6.07) is 7.49. The largest absolute Gasteiger partial charge is 0.366 e. The molecule has 1 fully saturated rings. The number of nitrogens with one attached hydrogen (secondary N) is 1. The van der Waals surface area contributed by atoms with Crippen LogP contribution in [0.3, 0.4) is 0 Å². The highest BCUT2D eigenvalue weighted by Gasteiger charge is 2.29. The van der Waals surface area contributed by atoms with Crippen molar-refractivity contribution in [1.82, 2.24) is 14.9 Å². The first kappa shape index (κ1) is 16.0. The Balaban J connectivity index is 1.71. The van der Waals surface area contributed by atoms with E-state index >= 15 is 0 Å². The number of aryl methyl sites for hydroxylation is 1. The number of hydrogen-bond donors (Lipinski definition) is 2. The fraction of sp³-hybridized carbons (Fsp3) is 0.353. The molecule has 1 atom stereocenters. The highest BCUT2D eigenvalue weighted by molar-refractivity contribution is 5.98. The molecule has 2 amide bonds. The summed E-state index contributed by atoms with van der Waals surface area (Å²) in [6.07, 6.45) is 1.47. The fourth-order valence-electron chi connectivity index (χ4n) is 2.99. The number of aromatic nitrogens is 2. The number of hydrogen-bond acceptors (Lipinski definition) is 4. The lowest BCUT2D eigenvalue weighted by Gasteiger charge is -2.40. The van der Waals surface area contributed by atoms with E-state index in [0.717, 1.165) is 18.1 Å². The van der Waals surface area contributed by atoms with Gasteiger partial charge in [0.2, 0.25) is 5.91 Å². The van der Waals surface area contributed by atoms with Crippen LogP contribution in [0.4, 0.5) is 5.82 Å². The topological polar surface area (TPSA) is 95.3 Å². The van der Waals surface area contributed by atoms with E-state index in [1.807, 2.05) is 36.9 Å². The van der Waals surface area contributed by atoms with Crippen LogP contribution < -0.4 is 10.6 Å². The molecule has 2 aromatic heterocycles. The van der Waals surface area contributed by atoms with E-state index in [1.165, 1.54) is 12.3 Å². The Morgan fingerprint density at radius 1 is 1.33 bits per heavy atom. The van der Waals surface area contributed by atoms with Crippen molar-refractivity contribution in [2.75, 3.05) is 24.5 Å². The fourth-order valence-corrected chi connectivity index (χ4v) is 2.99. The van der Waals surface area contributed by atoms with Gasteiger partial charge in [-0.25, -0.2) is 4.98 Å². The minimum Gasteiger partial charge on any atom is -0.366 e. The molecule has 1 saturated heterocycles. The van der Waals surface area contributed by atoms with Crippen molar-refractivity contribution in [3.8, 4) is 0 Å². The van der Waals surface area contributed by atoms with Gasteiger partial charge in [-0.15, -0.1) is 0 Å². The molecule has 126 valence electrons. The number of amides is 2. The molecule has 0 radical (unpaired) electrons. The molecule has 7 heteroatoms. The summed E-state index contributed by atoms with van der Waals surface area (Å²) >= 11 is 0. The molecule has 1 aliphatic heterocycles. The van der Waals surface area contributed by atoms with E-state index < -0.39 is 5.91 Å². The summed E-state index contributed by atoms with van der Waals surface area (Å²) in [6.45, 7) is 6.01. The normalized spacial score (nSPS) is 17.8. The quantitative estimate of drug-likeness (QED) is 0.884. The van der Waals surface area contributed by atoms with Gasteiger partial charge >= 0.3 is 0 Å². The lowest BCUT2D eigenvalue weighted by atomic mass is 10.1. The van der Waals surface area contributed by atoms with Gasteiger partial charge in [0.05, 0.1) is 5.56 Å². The van der Waals surface area contributed by atoms with Crippen LogP contribution in [-0.4, -0.2) is 52.4 Å². The zero-order valence-electron chi connectivity index (χ0n) is 13.8. The molecule has 0 bridgehead atoms. The monoisotopic (exact) mass is 327 g/mol. The SMILES string of the molecule is Cc1cccc(N2CCN(C(=O)c3cc(C(N)=O)c[nH]3)[C@@H](C)C2)n1. The number of piperazine rings is 1. The first-order valence-electron chi connectivity index (χ1n) is 7.93. The number of carbonyl (C=O) groups is 2. The van der Waals surface area contributed by atoms with E-state index in [-0.39, 0.29) is 11.9 Å². The molecule has 0 saturated carbocycles. The summed E-state index contributed by atoms with van der Waals surface area (Å²) in [5.74, 6) is 0.269. The van der Waals surface area contributed by atoms with E-state index in [2.05, 4.69) is 14.9 Å². The Morgan fingerprint density at radius 2 is 2.12 bits per heavy atom. The van der Waals surface area contributed by atoms with Crippen LogP contribution in [0.5, 0.6) is 0 Å². The van der Waals surface area contributed by atoms with Gasteiger partial charge in [-0.05, 0) is 32.0 Å². The molecular weight excluding hydrogens is 306 g/mol. The van der Waals surface area contributed by atoms with Gasteiger partial charge in [-0.3, -0.25) is 9.59 Å². The molecule has 24 heavy (non-hydrogen) atoms. The van der Waals surface area contributed by atoms with Gasteiger partial charge in [0, 0.05) is 37.6 Å². The molecule has 0 unspecified atom stereocenters. The van der Waals surface area contributed by atoms with Gasteiger partial charge in [-0.1, -0.05) is 6.07 Å². The van der Waals surface area contributed by atoms with Crippen LogP contribution >= 0.6 is 0 Å². The smallest absolute Gasteiger partial charge is 0.270 e. The summed E-state index contributed by atoms with van der Waals surface area (Å²) in [7, 11) is 0. The van der Waals surface area contributed by atoms with Crippen LogP contribution in [0.2, 0.25) is 0 Å². The molecule has 0 aliphatic carbocycles.